The molecule has 0 bridgehead atoms. The Morgan fingerprint density at radius 2 is 1.53 bits per heavy atom. The minimum atomic E-state index is -5.08. The molecule has 2 N–H and O–H groups in total. The third-order valence-electron chi connectivity index (χ3n) is 6.95. The lowest BCUT2D eigenvalue weighted by Gasteiger charge is -2.47. The molecule has 1 spiro atoms. The Bertz CT molecular complexity index is 847. The van der Waals surface area contributed by atoms with Crippen molar-refractivity contribution in [2.75, 3.05) is 26.3 Å². The fraction of sp³-hybridized carbons (Fsp3) is 0.708. The highest BCUT2D eigenvalue weighted by atomic mass is 19.4. The third kappa shape index (κ3) is 10.0. The van der Waals surface area contributed by atoms with Crippen molar-refractivity contribution in [2.24, 2.45) is 5.92 Å². The van der Waals surface area contributed by atoms with Crippen LogP contribution in [0.15, 0.2) is 24.5 Å². The Kier molecular flexibility index (Phi) is 11.8. The summed E-state index contributed by atoms with van der Waals surface area (Å²) in [5.41, 5.74) is 1.36. The lowest BCUT2D eigenvalue weighted by Crippen LogP contribution is -2.52. The molecule has 1 unspecified atom stereocenters. The smallest absolute Gasteiger partial charge is 0.475 e. The first-order valence-electron chi connectivity index (χ1n) is 12.2. The van der Waals surface area contributed by atoms with Crippen LogP contribution in [0.3, 0.4) is 0 Å². The summed E-state index contributed by atoms with van der Waals surface area (Å²) in [4.78, 5) is 24.6. The van der Waals surface area contributed by atoms with Gasteiger partial charge in [-0.05, 0) is 62.1 Å². The standard InChI is InChI=1S/C20H30N2O2.2C2HF3O2/c1-2-19(3-1)22-12-8-20(9-13-22)18(7-15-24-20)6-14-23-16-17-4-10-21-11-5-17;2*3-2(4,5)1(6)7/h4-5,10-11,18-19H,1-3,6-9,12-16H2;2*(H,6,7). The molecular formula is C24H32F6N2O6. The van der Waals surface area contributed by atoms with Gasteiger partial charge in [0.1, 0.15) is 0 Å². The number of carboxylic acid groups (broad SMARTS) is 2. The third-order valence-corrected chi connectivity index (χ3v) is 6.95. The van der Waals surface area contributed by atoms with Gasteiger partial charge in [-0.3, -0.25) is 4.98 Å². The lowest BCUT2D eigenvalue weighted by molar-refractivity contribution is -0.193. The number of ether oxygens (including phenoxy) is 2. The van der Waals surface area contributed by atoms with Gasteiger partial charge in [0.2, 0.25) is 0 Å². The van der Waals surface area contributed by atoms with Gasteiger partial charge in [0.15, 0.2) is 0 Å². The monoisotopic (exact) mass is 558 g/mol. The SMILES string of the molecule is O=C(O)C(F)(F)F.O=C(O)C(F)(F)F.c1cc(COCCC2CCOC23CCN(C2CCC2)CC3)ccn1. The van der Waals surface area contributed by atoms with Crippen LogP contribution in [0.1, 0.15) is 50.5 Å². The summed E-state index contributed by atoms with van der Waals surface area (Å²) >= 11 is 0. The molecule has 2 saturated heterocycles. The van der Waals surface area contributed by atoms with Gasteiger partial charge in [-0.2, -0.15) is 26.3 Å². The van der Waals surface area contributed by atoms with Gasteiger partial charge >= 0.3 is 24.3 Å². The Balaban J connectivity index is 0.000000301. The zero-order chi connectivity index (χ0) is 28.4. The molecular weight excluding hydrogens is 526 g/mol. The Morgan fingerprint density at radius 1 is 1.00 bits per heavy atom. The predicted octanol–water partition coefficient (Wildman–Crippen LogP) is 4.68. The van der Waals surface area contributed by atoms with Crippen molar-refractivity contribution >= 4 is 11.9 Å². The zero-order valence-electron chi connectivity index (χ0n) is 20.6. The molecule has 3 aliphatic rings. The molecule has 1 saturated carbocycles. The quantitative estimate of drug-likeness (QED) is 0.383. The number of likely N-dealkylation sites (tertiary alicyclic amines) is 1. The number of nitrogens with zero attached hydrogens (tertiary/aromatic N) is 2. The molecule has 0 amide bonds. The molecule has 4 rings (SSSR count). The number of piperidine rings is 1. The number of aliphatic carboxylic acids is 2. The van der Waals surface area contributed by atoms with Crippen LogP contribution in [0.4, 0.5) is 26.3 Å². The number of carboxylic acids is 2. The van der Waals surface area contributed by atoms with Gasteiger partial charge in [-0.1, -0.05) is 6.42 Å². The fourth-order valence-corrected chi connectivity index (χ4v) is 4.66. The molecule has 0 aromatic carbocycles. The van der Waals surface area contributed by atoms with Gasteiger partial charge in [0, 0.05) is 44.7 Å². The number of hydrogen-bond acceptors (Lipinski definition) is 6. The number of pyridine rings is 1. The largest absolute Gasteiger partial charge is 0.490 e. The van der Waals surface area contributed by atoms with Crippen LogP contribution < -0.4 is 0 Å². The van der Waals surface area contributed by atoms with E-state index in [1.165, 1.54) is 57.2 Å². The van der Waals surface area contributed by atoms with Gasteiger partial charge in [-0.25, -0.2) is 9.59 Å². The molecule has 8 nitrogen and oxygen atoms in total. The van der Waals surface area contributed by atoms with E-state index >= 15 is 0 Å². The predicted molar refractivity (Wildman–Crippen MR) is 121 cm³/mol. The van der Waals surface area contributed by atoms with E-state index < -0.39 is 24.3 Å². The number of halogens is 6. The van der Waals surface area contributed by atoms with Crippen molar-refractivity contribution in [3.05, 3.63) is 30.1 Å². The Hall–Kier alpha value is -2.45. The highest BCUT2D eigenvalue weighted by molar-refractivity contribution is 5.73. The van der Waals surface area contributed by atoms with Crippen molar-refractivity contribution in [2.45, 2.75) is 75.5 Å². The van der Waals surface area contributed by atoms with E-state index in [0.29, 0.717) is 12.5 Å². The summed E-state index contributed by atoms with van der Waals surface area (Å²) < 4.78 is 75.7. The maximum absolute atomic E-state index is 10.6. The van der Waals surface area contributed by atoms with Crippen LogP contribution in [0.25, 0.3) is 0 Å². The molecule has 14 heteroatoms. The number of aromatic nitrogens is 1. The van der Waals surface area contributed by atoms with Crippen molar-refractivity contribution in [1.29, 1.82) is 0 Å². The molecule has 2 aliphatic heterocycles. The molecule has 38 heavy (non-hydrogen) atoms. The summed E-state index contributed by atoms with van der Waals surface area (Å²) in [5, 5.41) is 14.2. The van der Waals surface area contributed by atoms with E-state index in [1.54, 1.807) is 0 Å². The summed E-state index contributed by atoms with van der Waals surface area (Å²) in [6.45, 7) is 4.94. The molecule has 0 radical (unpaired) electrons. The number of alkyl halides is 6. The average Bonchev–Trinajstić information content (AvgIpc) is 3.19. The van der Waals surface area contributed by atoms with Crippen molar-refractivity contribution in [1.82, 2.24) is 9.88 Å². The maximum atomic E-state index is 10.6. The van der Waals surface area contributed by atoms with Gasteiger partial charge in [0.05, 0.1) is 12.2 Å². The molecule has 1 aliphatic carbocycles. The van der Waals surface area contributed by atoms with Crippen molar-refractivity contribution in [3.63, 3.8) is 0 Å². The second-order valence-corrected chi connectivity index (χ2v) is 9.32. The van der Waals surface area contributed by atoms with Gasteiger partial charge in [0.25, 0.3) is 0 Å². The number of hydrogen-bond donors (Lipinski definition) is 2. The van der Waals surface area contributed by atoms with Crippen LogP contribution in [0.2, 0.25) is 0 Å². The first-order chi connectivity index (χ1) is 17.7. The maximum Gasteiger partial charge on any atom is 0.490 e. The molecule has 3 fully saturated rings. The normalized spacial score (nSPS) is 21.5. The van der Waals surface area contributed by atoms with Crippen LogP contribution in [0, 0.1) is 5.92 Å². The Morgan fingerprint density at radius 3 is 1.97 bits per heavy atom. The van der Waals surface area contributed by atoms with Gasteiger partial charge < -0.3 is 24.6 Å². The second kappa shape index (κ2) is 14.1. The summed E-state index contributed by atoms with van der Waals surface area (Å²) in [7, 11) is 0. The van der Waals surface area contributed by atoms with Crippen LogP contribution in [0.5, 0.6) is 0 Å². The molecule has 1 aromatic rings. The van der Waals surface area contributed by atoms with Gasteiger partial charge in [-0.15, -0.1) is 0 Å². The van der Waals surface area contributed by atoms with E-state index in [9.17, 15) is 26.3 Å². The first kappa shape index (κ1) is 31.8. The minimum absolute atomic E-state index is 0.153. The highest BCUT2D eigenvalue weighted by Gasteiger charge is 2.46. The van der Waals surface area contributed by atoms with Crippen LogP contribution in [-0.2, 0) is 25.7 Å². The van der Waals surface area contributed by atoms with Crippen LogP contribution >= 0.6 is 0 Å². The minimum Gasteiger partial charge on any atom is -0.475 e. The first-order valence-corrected chi connectivity index (χ1v) is 12.2. The van der Waals surface area contributed by atoms with Crippen LogP contribution in [-0.4, -0.2) is 82.3 Å². The summed E-state index contributed by atoms with van der Waals surface area (Å²) in [6.07, 6.45) is 2.54. The number of carbonyl (C=O) groups is 2. The second-order valence-electron chi connectivity index (χ2n) is 9.32. The molecule has 1 atom stereocenters. The summed E-state index contributed by atoms with van der Waals surface area (Å²) in [6, 6.07) is 4.93. The van der Waals surface area contributed by atoms with E-state index in [-0.39, 0.29) is 5.60 Å². The van der Waals surface area contributed by atoms with Crippen molar-refractivity contribution in [3.8, 4) is 0 Å². The topological polar surface area (TPSA) is 109 Å². The van der Waals surface area contributed by atoms with E-state index in [2.05, 4.69) is 9.88 Å². The lowest BCUT2D eigenvalue weighted by atomic mass is 9.77. The van der Waals surface area contributed by atoms with Crippen molar-refractivity contribution < 1.29 is 55.6 Å². The summed E-state index contributed by atoms with van der Waals surface area (Å²) in [5.74, 6) is -4.83. The van der Waals surface area contributed by atoms with E-state index in [4.69, 9.17) is 29.3 Å². The molecule has 1 aromatic heterocycles. The van der Waals surface area contributed by atoms with E-state index in [0.717, 1.165) is 25.7 Å². The Labute approximate surface area is 215 Å². The molecule has 216 valence electrons. The highest BCUT2D eigenvalue weighted by Crippen LogP contribution is 2.43. The number of rotatable bonds is 6. The molecule has 3 heterocycles. The average molecular weight is 559 g/mol. The van der Waals surface area contributed by atoms with E-state index in [1.807, 2.05) is 24.5 Å². The fourth-order valence-electron chi connectivity index (χ4n) is 4.66. The zero-order valence-corrected chi connectivity index (χ0v) is 20.6.